The maximum atomic E-state index is 12.0. The summed E-state index contributed by atoms with van der Waals surface area (Å²) in [6, 6.07) is -0.911. The Morgan fingerprint density at radius 2 is 1.91 bits per heavy atom. The number of nitrogens with one attached hydrogen (secondary N) is 1. The van der Waals surface area contributed by atoms with Crippen molar-refractivity contribution in [3.05, 3.63) is 12.7 Å². The van der Waals surface area contributed by atoms with Gasteiger partial charge in [0.15, 0.2) is 6.04 Å². The van der Waals surface area contributed by atoms with Crippen LogP contribution in [0.1, 0.15) is 53.9 Å². The molecule has 0 rings (SSSR count). The summed E-state index contributed by atoms with van der Waals surface area (Å²) in [4.78, 5) is 24.0. The number of ether oxygens (including phenoxy) is 3. The molecule has 0 aromatic carbocycles. The lowest BCUT2D eigenvalue weighted by atomic mass is 10.1. The highest BCUT2D eigenvalue weighted by Gasteiger charge is 2.33. The van der Waals surface area contributed by atoms with E-state index in [1.54, 1.807) is 20.8 Å². The minimum atomic E-state index is -0.911. The smallest absolute Gasteiger partial charge is 0.408 e. The highest BCUT2D eigenvalue weighted by molar-refractivity contribution is 5.82. The highest BCUT2D eigenvalue weighted by Crippen LogP contribution is 2.14. The Kier molecular flexibility index (Phi) is 9.56. The van der Waals surface area contributed by atoms with Crippen molar-refractivity contribution in [1.29, 1.82) is 0 Å². The molecule has 6 nitrogen and oxygen atoms in total. The Morgan fingerprint density at radius 3 is 2.35 bits per heavy atom. The zero-order valence-corrected chi connectivity index (χ0v) is 15.2. The van der Waals surface area contributed by atoms with Crippen LogP contribution in [0.3, 0.4) is 0 Å². The highest BCUT2D eigenvalue weighted by atomic mass is 16.6. The molecule has 0 bridgehead atoms. The first-order chi connectivity index (χ1) is 10.6. The molecule has 3 atom stereocenters. The van der Waals surface area contributed by atoms with Gasteiger partial charge in [0.2, 0.25) is 0 Å². The van der Waals surface area contributed by atoms with Crippen LogP contribution in [-0.4, -0.2) is 43.0 Å². The fourth-order valence-electron chi connectivity index (χ4n) is 1.99. The zero-order valence-electron chi connectivity index (χ0n) is 15.2. The van der Waals surface area contributed by atoms with Gasteiger partial charge >= 0.3 is 12.1 Å². The Hall–Kier alpha value is -1.56. The van der Waals surface area contributed by atoms with Crippen molar-refractivity contribution in [3.8, 4) is 0 Å². The second kappa shape index (κ2) is 10.3. The fourth-order valence-corrected chi connectivity index (χ4v) is 1.99. The summed E-state index contributed by atoms with van der Waals surface area (Å²) in [7, 11) is 1.28. The van der Waals surface area contributed by atoms with Crippen LogP contribution in [0, 0.1) is 0 Å². The Labute approximate surface area is 139 Å². The maximum Gasteiger partial charge on any atom is 0.408 e. The topological polar surface area (TPSA) is 73.9 Å². The van der Waals surface area contributed by atoms with Gasteiger partial charge < -0.3 is 19.5 Å². The molecule has 0 radical (unpaired) electrons. The van der Waals surface area contributed by atoms with Crippen LogP contribution >= 0.6 is 0 Å². The minimum Gasteiger partial charge on any atom is -0.467 e. The molecule has 0 aromatic heterocycles. The number of rotatable bonds is 9. The first-order valence-corrected chi connectivity index (χ1v) is 7.98. The number of hydrogen-bond donors (Lipinski definition) is 1. The predicted molar refractivity (Wildman–Crippen MR) is 89.2 cm³/mol. The minimum absolute atomic E-state index is 0.0643. The molecule has 1 unspecified atom stereocenters. The summed E-state index contributed by atoms with van der Waals surface area (Å²) in [5.41, 5.74) is -0.648. The standard InChI is InChI=1S/C17H31NO5/c1-8-10-11-12(3)22-13(9-2)14(15(19)21-7)18-16(20)23-17(4,5)6/h8,12-14H,1,9-11H2,2-7H3,(H,18,20)/t12?,13-,14-/m0/s1. The number of esters is 1. The third-order valence-corrected chi connectivity index (χ3v) is 3.09. The van der Waals surface area contributed by atoms with E-state index >= 15 is 0 Å². The van der Waals surface area contributed by atoms with Gasteiger partial charge in [-0.1, -0.05) is 13.0 Å². The number of hydrogen-bond acceptors (Lipinski definition) is 5. The normalized spacial score (nSPS) is 15.2. The summed E-state index contributed by atoms with van der Waals surface area (Å²) in [6.07, 6.45) is 2.75. The molecule has 0 fully saturated rings. The molecule has 0 aliphatic heterocycles. The molecular formula is C17H31NO5. The van der Waals surface area contributed by atoms with E-state index in [0.29, 0.717) is 6.42 Å². The molecule has 1 amide bonds. The molecule has 0 heterocycles. The molecule has 134 valence electrons. The largest absolute Gasteiger partial charge is 0.467 e. The van der Waals surface area contributed by atoms with E-state index in [4.69, 9.17) is 14.2 Å². The number of allylic oxidation sites excluding steroid dienone is 1. The molecule has 6 heteroatoms. The molecule has 0 saturated heterocycles. The van der Waals surface area contributed by atoms with Gasteiger partial charge in [0.25, 0.3) is 0 Å². The van der Waals surface area contributed by atoms with Crippen molar-refractivity contribution in [1.82, 2.24) is 5.32 Å². The van der Waals surface area contributed by atoms with Crippen LogP contribution in [0.5, 0.6) is 0 Å². The van der Waals surface area contributed by atoms with Gasteiger partial charge in [-0.15, -0.1) is 6.58 Å². The van der Waals surface area contributed by atoms with Crippen LogP contribution in [-0.2, 0) is 19.0 Å². The number of alkyl carbamates (subject to hydrolysis) is 1. The van der Waals surface area contributed by atoms with Gasteiger partial charge in [0.1, 0.15) is 5.60 Å². The van der Waals surface area contributed by atoms with E-state index in [1.807, 2.05) is 19.9 Å². The Balaban J connectivity index is 4.93. The lowest BCUT2D eigenvalue weighted by molar-refractivity contribution is -0.149. The number of carbonyl (C=O) groups excluding carboxylic acids is 2. The summed E-state index contributed by atoms with van der Waals surface area (Å²) in [5.74, 6) is -0.557. The second-order valence-electron chi connectivity index (χ2n) is 6.41. The van der Waals surface area contributed by atoms with Gasteiger partial charge in [-0.3, -0.25) is 0 Å². The van der Waals surface area contributed by atoms with E-state index in [2.05, 4.69) is 11.9 Å². The monoisotopic (exact) mass is 329 g/mol. The zero-order chi connectivity index (χ0) is 18.0. The summed E-state index contributed by atoms with van der Waals surface area (Å²) in [5, 5.41) is 2.56. The molecule has 1 N–H and O–H groups in total. The van der Waals surface area contributed by atoms with E-state index in [1.165, 1.54) is 7.11 Å². The first-order valence-electron chi connectivity index (χ1n) is 7.98. The molecule has 23 heavy (non-hydrogen) atoms. The summed E-state index contributed by atoms with van der Waals surface area (Å²) in [6.45, 7) is 12.8. The van der Waals surface area contributed by atoms with Crippen LogP contribution in [0.25, 0.3) is 0 Å². The van der Waals surface area contributed by atoms with Crippen molar-refractivity contribution in [2.45, 2.75) is 77.7 Å². The molecule has 0 aromatic rings. The van der Waals surface area contributed by atoms with Gasteiger partial charge in [-0.05, 0) is 47.0 Å². The van der Waals surface area contributed by atoms with Crippen LogP contribution in [0.15, 0.2) is 12.7 Å². The van der Waals surface area contributed by atoms with Crippen molar-refractivity contribution >= 4 is 12.1 Å². The van der Waals surface area contributed by atoms with E-state index in [9.17, 15) is 9.59 Å². The van der Waals surface area contributed by atoms with Gasteiger partial charge in [0, 0.05) is 0 Å². The van der Waals surface area contributed by atoms with Gasteiger partial charge in [0.05, 0.1) is 19.3 Å². The van der Waals surface area contributed by atoms with E-state index in [-0.39, 0.29) is 6.10 Å². The van der Waals surface area contributed by atoms with Crippen molar-refractivity contribution in [3.63, 3.8) is 0 Å². The van der Waals surface area contributed by atoms with E-state index < -0.39 is 29.8 Å². The summed E-state index contributed by atoms with van der Waals surface area (Å²) >= 11 is 0. The second-order valence-corrected chi connectivity index (χ2v) is 6.41. The summed E-state index contributed by atoms with van der Waals surface area (Å²) < 4.78 is 15.9. The average Bonchev–Trinajstić information content (AvgIpc) is 2.45. The van der Waals surface area contributed by atoms with Crippen molar-refractivity contribution in [2.24, 2.45) is 0 Å². The third-order valence-electron chi connectivity index (χ3n) is 3.09. The van der Waals surface area contributed by atoms with Gasteiger partial charge in [-0.2, -0.15) is 0 Å². The van der Waals surface area contributed by atoms with Crippen LogP contribution < -0.4 is 5.32 Å². The van der Waals surface area contributed by atoms with Gasteiger partial charge in [-0.25, -0.2) is 9.59 Å². The first kappa shape index (κ1) is 21.4. The SMILES string of the molecule is C=CCCC(C)O[C@@H](CC)[C@H](NC(=O)OC(C)(C)C)C(=O)OC. The molecule has 0 aliphatic carbocycles. The molecule has 0 saturated carbocycles. The molecule has 0 spiro atoms. The number of methoxy groups -OCH3 is 1. The molecular weight excluding hydrogens is 298 g/mol. The molecule has 0 aliphatic rings. The lowest BCUT2D eigenvalue weighted by Crippen LogP contribution is -2.52. The lowest BCUT2D eigenvalue weighted by Gasteiger charge is -2.29. The Bertz CT molecular complexity index is 389. The number of carbonyl (C=O) groups is 2. The van der Waals surface area contributed by atoms with Crippen LogP contribution in [0.2, 0.25) is 0 Å². The van der Waals surface area contributed by atoms with E-state index in [0.717, 1.165) is 12.8 Å². The third kappa shape index (κ3) is 9.23. The maximum absolute atomic E-state index is 12.0. The van der Waals surface area contributed by atoms with Crippen molar-refractivity contribution in [2.75, 3.05) is 7.11 Å². The fraction of sp³-hybridized carbons (Fsp3) is 0.765. The average molecular weight is 329 g/mol. The predicted octanol–water partition coefficient (Wildman–Crippen LogP) is 3.20. The quantitative estimate of drug-likeness (QED) is 0.519. The van der Waals surface area contributed by atoms with Crippen molar-refractivity contribution < 1.29 is 23.8 Å². The Morgan fingerprint density at radius 1 is 1.30 bits per heavy atom. The van der Waals surface area contributed by atoms with Crippen LogP contribution in [0.4, 0.5) is 4.79 Å². The number of amides is 1.